The minimum Gasteiger partial charge on any atom is -0.392 e. The van der Waals surface area contributed by atoms with Crippen molar-refractivity contribution in [1.29, 1.82) is 0 Å². The van der Waals surface area contributed by atoms with Crippen molar-refractivity contribution in [3.05, 3.63) is 68.8 Å². The third-order valence-electron chi connectivity index (χ3n) is 4.38. The zero-order valence-electron chi connectivity index (χ0n) is 13.2. The van der Waals surface area contributed by atoms with Gasteiger partial charge in [-0.3, -0.25) is 0 Å². The van der Waals surface area contributed by atoms with Crippen LogP contribution < -0.4 is 0 Å². The zero-order valence-corrected chi connectivity index (χ0v) is 13.2. The maximum absolute atomic E-state index is 9.46. The number of rotatable bonds is 4. The largest absolute Gasteiger partial charge is 0.392 e. The molecule has 0 aromatic heterocycles. The molecule has 1 aliphatic carbocycles. The number of hydrogen-bond donors (Lipinski definition) is 4. The molecule has 0 amide bonds. The number of benzene rings is 2. The summed E-state index contributed by atoms with van der Waals surface area (Å²) in [6.45, 7) is -0.477. The third kappa shape index (κ3) is 3.05. The first kappa shape index (κ1) is 16.6. The van der Waals surface area contributed by atoms with Gasteiger partial charge in [-0.25, -0.2) is 0 Å². The summed E-state index contributed by atoms with van der Waals surface area (Å²) < 4.78 is 0. The van der Waals surface area contributed by atoms with Gasteiger partial charge in [0.25, 0.3) is 0 Å². The molecule has 4 N–H and O–H groups in total. The summed E-state index contributed by atoms with van der Waals surface area (Å²) >= 11 is 0. The normalized spacial score (nSPS) is 15.2. The molecule has 0 spiro atoms. The lowest BCUT2D eigenvalue weighted by Crippen LogP contribution is -1.99. The Morgan fingerprint density at radius 3 is 0.792 bits per heavy atom. The van der Waals surface area contributed by atoms with Crippen LogP contribution in [0.3, 0.4) is 0 Å². The van der Waals surface area contributed by atoms with E-state index in [-0.39, 0.29) is 26.4 Å². The van der Waals surface area contributed by atoms with Gasteiger partial charge in [0.05, 0.1) is 26.4 Å². The zero-order chi connectivity index (χ0) is 17.1. The first-order valence-corrected chi connectivity index (χ1v) is 7.81. The Bertz CT molecular complexity index is 683. The molecule has 0 fully saturated rings. The van der Waals surface area contributed by atoms with Gasteiger partial charge in [0.2, 0.25) is 0 Å². The summed E-state index contributed by atoms with van der Waals surface area (Å²) in [6.07, 6.45) is 7.82. The highest BCUT2D eigenvalue weighted by Crippen LogP contribution is 2.28. The van der Waals surface area contributed by atoms with Gasteiger partial charge < -0.3 is 20.4 Å². The van der Waals surface area contributed by atoms with Crippen molar-refractivity contribution in [3.63, 3.8) is 0 Å². The van der Waals surface area contributed by atoms with Gasteiger partial charge in [-0.15, -0.1) is 0 Å². The smallest absolute Gasteiger partial charge is 0.0685 e. The van der Waals surface area contributed by atoms with E-state index in [1.165, 1.54) is 0 Å². The van der Waals surface area contributed by atoms with Crippen LogP contribution in [0.25, 0.3) is 24.3 Å². The van der Waals surface area contributed by atoms with Gasteiger partial charge in [0, 0.05) is 0 Å². The van der Waals surface area contributed by atoms with Crippen LogP contribution in [0.2, 0.25) is 0 Å². The van der Waals surface area contributed by atoms with Crippen molar-refractivity contribution in [2.75, 3.05) is 0 Å². The highest BCUT2D eigenvalue weighted by atomic mass is 16.3. The highest BCUT2D eigenvalue weighted by molar-refractivity contribution is 5.86. The lowest BCUT2D eigenvalue weighted by molar-refractivity contribution is 0.260. The Labute approximate surface area is 140 Å². The molecule has 124 valence electrons. The molecular weight excluding hydrogens is 304 g/mol. The van der Waals surface area contributed by atoms with Crippen molar-refractivity contribution < 1.29 is 20.4 Å². The average molecular weight is 324 g/mol. The van der Waals surface area contributed by atoms with E-state index in [9.17, 15) is 20.4 Å². The van der Waals surface area contributed by atoms with Gasteiger partial charge in [-0.1, -0.05) is 24.3 Å². The van der Waals surface area contributed by atoms with Crippen LogP contribution in [0, 0.1) is 0 Å². The van der Waals surface area contributed by atoms with Crippen molar-refractivity contribution in [2.45, 2.75) is 26.4 Å². The van der Waals surface area contributed by atoms with Gasteiger partial charge in [0.1, 0.15) is 0 Å². The maximum atomic E-state index is 9.46. The molecule has 0 saturated heterocycles. The van der Waals surface area contributed by atoms with Crippen molar-refractivity contribution in [1.82, 2.24) is 0 Å². The molecule has 4 heteroatoms. The summed E-state index contributed by atoms with van der Waals surface area (Å²) in [5.41, 5.74) is 6.65. The Kier molecular flexibility index (Phi) is 4.92. The first-order chi connectivity index (χ1) is 11.7. The maximum Gasteiger partial charge on any atom is 0.0685 e. The molecule has 2 aromatic carbocycles. The summed E-state index contributed by atoms with van der Waals surface area (Å²) in [7, 11) is 0. The van der Waals surface area contributed by atoms with Crippen LogP contribution in [0.15, 0.2) is 24.3 Å². The SMILES string of the molecule is OCc1cc2c(cc1CO)/C=C\c1cc(CO)c(CO)cc1/C=C\2. The van der Waals surface area contributed by atoms with E-state index in [2.05, 4.69) is 0 Å². The van der Waals surface area contributed by atoms with Crippen LogP contribution in [0.4, 0.5) is 0 Å². The van der Waals surface area contributed by atoms with E-state index in [4.69, 9.17) is 0 Å². The standard InChI is InChI=1S/C20H20O4/c21-9-17-5-13-1-2-14-6-18(10-22)20(12-24)8-16(14)4-3-15(13)7-19(17)11-23/h1-8,21-24H,9-12H2/b2-1-,4-3-,13-1?,14-2?,15-3?,16-4?. The minimum atomic E-state index is -0.119. The Hall–Kier alpha value is -2.24. The summed E-state index contributed by atoms with van der Waals surface area (Å²) in [5, 5.41) is 37.8. The second-order valence-electron chi connectivity index (χ2n) is 5.80. The van der Waals surface area contributed by atoms with Crippen LogP contribution in [0.1, 0.15) is 44.5 Å². The van der Waals surface area contributed by atoms with E-state index in [0.717, 1.165) is 22.3 Å². The van der Waals surface area contributed by atoms with E-state index in [1.807, 2.05) is 48.6 Å². The molecule has 2 aromatic rings. The summed E-state index contributed by atoms with van der Waals surface area (Å²) in [6, 6.07) is 7.51. The van der Waals surface area contributed by atoms with E-state index >= 15 is 0 Å². The number of aliphatic hydroxyl groups is 4. The predicted molar refractivity (Wildman–Crippen MR) is 94.4 cm³/mol. The fraction of sp³-hybridized carbons (Fsp3) is 0.200. The molecule has 0 atom stereocenters. The summed E-state index contributed by atoms with van der Waals surface area (Å²) in [4.78, 5) is 0. The number of fused-ring (bicyclic) bond motifs is 2. The van der Waals surface area contributed by atoms with Crippen LogP contribution >= 0.6 is 0 Å². The predicted octanol–water partition coefficient (Wildman–Crippen LogP) is 2.31. The Balaban J connectivity index is 2.12. The second-order valence-corrected chi connectivity index (χ2v) is 5.80. The van der Waals surface area contributed by atoms with Crippen molar-refractivity contribution in [2.24, 2.45) is 0 Å². The van der Waals surface area contributed by atoms with Crippen LogP contribution in [-0.2, 0) is 26.4 Å². The van der Waals surface area contributed by atoms with E-state index in [1.54, 1.807) is 0 Å². The Morgan fingerprint density at radius 1 is 0.417 bits per heavy atom. The molecule has 0 radical (unpaired) electrons. The lowest BCUT2D eigenvalue weighted by atomic mass is 9.92. The number of aliphatic hydroxyl groups excluding tert-OH is 4. The van der Waals surface area contributed by atoms with Gasteiger partial charge in [0.15, 0.2) is 0 Å². The lowest BCUT2D eigenvalue weighted by Gasteiger charge is -2.14. The van der Waals surface area contributed by atoms with Gasteiger partial charge in [-0.2, -0.15) is 0 Å². The molecule has 0 aliphatic heterocycles. The Morgan fingerprint density at radius 2 is 0.625 bits per heavy atom. The molecule has 24 heavy (non-hydrogen) atoms. The van der Waals surface area contributed by atoms with Gasteiger partial charge in [-0.05, 0) is 68.8 Å². The molecule has 0 bridgehead atoms. The molecule has 0 unspecified atom stereocenters. The number of hydrogen-bond acceptors (Lipinski definition) is 4. The molecule has 4 nitrogen and oxygen atoms in total. The molecular formula is C20H20O4. The summed E-state index contributed by atoms with van der Waals surface area (Å²) in [5.74, 6) is 0. The fourth-order valence-electron chi connectivity index (χ4n) is 2.98. The second kappa shape index (κ2) is 7.11. The highest BCUT2D eigenvalue weighted by Gasteiger charge is 2.10. The fourth-order valence-corrected chi connectivity index (χ4v) is 2.98. The van der Waals surface area contributed by atoms with E-state index < -0.39 is 0 Å². The molecule has 3 rings (SSSR count). The average Bonchev–Trinajstić information content (AvgIpc) is 2.62. The first-order valence-electron chi connectivity index (χ1n) is 7.81. The topological polar surface area (TPSA) is 80.9 Å². The molecule has 0 heterocycles. The van der Waals surface area contributed by atoms with E-state index in [0.29, 0.717) is 22.3 Å². The van der Waals surface area contributed by atoms with Crippen LogP contribution in [-0.4, -0.2) is 20.4 Å². The molecule has 1 aliphatic rings. The monoisotopic (exact) mass is 324 g/mol. The quantitative estimate of drug-likeness (QED) is 0.594. The van der Waals surface area contributed by atoms with Crippen molar-refractivity contribution >= 4 is 24.3 Å². The third-order valence-corrected chi connectivity index (χ3v) is 4.38. The van der Waals surface area contributed by atoms with Crippen LogP contribution in [0.5, 0.6) is 0 Å². The van der Waals surface area contributed by atoms with Crippen molar-refractivity contribution in [3.8, 4) is 0 Å². The molecule has 0 saturated carbocycles. The van der Waals surface area contributed by atoms with Gasteiger partial charge >= 0.3 is 0 Å². The minimum absolute atomic E-state index is 0.119.